The molecule has 0 saturated heterocycles. The zero-order chi connectivity index (χ0) is 18.5. The van der Waals surface area contributed by atoms with Gasteiger partial charge >= 0.3 is 0 Å². The number of thioether (sulfide) groups is 1. The summed E-state index contributed by atoms with van der Waals surface area (Å²) in [4.78, 5) is 22.4. The summed E-state index contributed by atoms with van der Waals surface area (Å²) in [7, 11) is 0. The minimum absolute atomic E-state index is 0.00408. The lowest BCUT2D eigenvalue weighted by atomic mass is 10.3. The molecule has 3 aromatic rings. The predicted molar refractivity (Wildman–Crippen MR) is 96.6 cm³/mol. The number of rotatable bonds is 6. The van der Waals surface area contributed by atoms with Crippen molar-refractivity contribution in [3.05, 3.63) is 63.7 Å². The van der Waals surface area contributed by atoms with Gasteiger partial charge in [-0.25, -0.2) is 0 Å². The normalized spacial score (nSPS) is 10.5. The Hall–Kier alpha value is -2.98. The number of aromatic nitrogens is 4. The fraction of sp³-hybridized carbons (Fsp3) is 0.0667. The highest BCUT2D eigenvalue weighted by atomic mass is 35.5. The molecule has 9 nitrogen and oxygen atoms in total. The Balaban J connectivity index is 1.65. The van der Waals surface area contributed by atoms with Crippen molar-refractivity contribution in [1.82, 2.24) is 20.2 Å². The molecular formula is C15H11ClN6O3S. The first-order chi connectivity index (χ1) is 12.5. The summed E-state index contributed by atoms with van der Waals surface area (Å²) < 4.78 is 1.52. The van der Waals surface area contributed by atoms with Crippen LogP contribution in [-0.4, -0.2) is 36.8 Å². The molecule has 11 heteroatoms. The van der Waals surface area contributed by atoms with Gasteiger partial charge in [0.25, 0.3) is 5.69 Å². The van der Waals surface area contributed by atoms with Crippen LogP contribution in [0.15, 0.2) is 53.7 Å². The largest absolute Gasteiger partial charge is 0.325 e. The molecule has 0 spiro atoms. The molecule has 26 heavy (non-hydrogen) atoms. The third-order valence-electron chi connectivity index (χ3n) is 3.20. The van der Waals surface area contributed by atoms with Crippen molar-refractivity contribution < 1.29 is 9.72 Å². The van der Waals surface area contributed by atoms with E-state index in [1.807, 2.05) is 30.3 Å². The van der Waals surface area contributed by atoms with Gasteiger partial charge < -0.3 is 5.32 Å². The number of nitro benzene ring substituents is 1. The Morgan fingerprint density at radius 3 is 2.77 bits per heavy atom. The van der Waals surface area contributed by atoms with E-state index in [0.29, 0.717) is 5.16 Å². The minimum Gasteiger partial charge on any atom is -0.325 e. The molecule has 0 bridgehead atoms. The van der Waals surface area contributed by atoms with E-state index in [-0.39, 0.29) is 28.1 Å². The summed E-state index contributed by atoms with van der Waals surface area (Å²) in [6.07, 6.45) is 0. The number of para-hydroxylation sites is 1. The highest BCUT2D eigenvalue weighted by molar-refractivity contribution is 7.99. The van der Waals surface area contributed by atoms with E-state index >= 15 is 0 Å². The van der Waals surface area contributed by atoms with Crippen LogP contribution in [0.25, 0.3) is 5.69 Å². The number of tetrazole rings is 1. The Morgan fingerprint density at radius 1 is 1.27 bits per heavy atom. The molecule has 0 atom stereocenters. The van der Waals surface area contributed by atoms with Gasteiger partial charge in [-0.1, -0.05) is 41.6 Å². The second-order valence-corrected chi connectivity index (χ2v) is 6.32. The number of nitrogens with zero attached hydrogens (tertiary/aromatic N) is 5. The lowest BCUT2D eigenvalue weighted by molar-refractivity contribution is -0.384. The molecule has 0 aliphatic heterocycles. The SMILES string of the molecule is O=C(CSc1nnnn1-c1ccccc1)Nc1ccc(Cl)c([N+](=O)[O-])c1. The first-order valence-corrected chi connectivity index (χ1v) is 8.61. The summed E-state index contributed by atoms with van der Waals surface area (Å²) in [6, 6.07) is 13.3. The van der Waals surface area contributed by atoms with Crippen LogP contribution < -0.4 is 5.32 Å². The molecule has 0 aliphatic carbocycles. The molecule has 1 amide bonds. The Labute approximate surface area is 156 Å². The van der Waals surface area contributed by atoms with Gasteiger partial charge in [-0.2, -0.15) is 4.68 Å². The molecule has 0 fully saturated rings. The zero-order valence-electron chi connectivity index (χ0n) is 13.1. The van der Waals surface area contributed by atoms with E-state index in [4.69, 9.17) is 11.6 Å². The van der Waals surface area contributed by atoms with Crippen molar-refractivity contribution in [1.29, 1.82) is 0 Å². The van der Waals surface area contributed by atoms with Crippen molar-refractivity contribution in [2.45, 2.75) is 5.16 Å². The lowest BCUT2D eigenvalue weighted by Gasteiger charge is -2.06. The number of halogens is 1. The molecule has 0 unspecified atom stereocenters. The molecule has 1 heterocycles. The van der Waals surface area contributed by atoms with Crippen molar-refractivity contribution in [2.24, 2.45) is 0 Å². The van der Waals surface area contributed by atoms with E-state index in [9.17, 15) is 14.9 Å². The third-order valence-corrected chi connectivity index (χ3v) is 4.44. The fourth-order valence-electron chi connectivity index (χ4n) is 2.06. The molecular weight excluding hydrogens is 380 g/mol. The van der Waals surface area contributed by atoms with E-state index in [1.165, 1.54) is 22.9 Å². The molecule has 3 rings (SSSR count). The van der Waals surface area contributed by atoms with Crippen molar-refractivity contribution in [2.75, 3.05) is 11.1 Å². The number of nitro groups is 1. The number of carbonyl (C=O) groups is 1. The number of amides is 1. The molecule has 0 aliphatic rings. The first kappa shape index (κ1) is 17.8. The average Bonchev–Trinajstić information content (AvgIpc) is 3.11. The smallest absolute Gasteiger partial charge is 0.289 e. The van der Waals surface area contributed by atoms with E-state index in [2.05, 4.69) is 20.8 Å². The van der Waals surface area contributed by atoms with Gasteiger partial charge in [0.15, 0.2) is 0 Å². The van der Waals surface area contributed by atoms with Gasteiger partial charge in [-0.3, -0.25) is 14.9 Å². The highest BCUT2D eigenvalue weighted by Crippen LogP contribution is 2.27. The van der Waals surface area contributed by atoms with Crippen molar-refractivity contribution in [3.8, 4) is 5.69 Å². The van der Waals surface area contributed by atoms with Crippen LogP contribution in [0.4, 0.5) is 11.4 Å². The molecule has 0 radical (unpaired) electrons. The van der Waals surface area contributed by atoms with Gasteiger partial charge in [0.1, 0.15) is 5.02 Å². The number of nitrogens with one attached hydrogen (secondary N) is 1. The molecule has 2 aromatic carbocycles. The quantitative estimate of drug-likeness (QED) is 0.390. The van der Waals surface area contributed by atoms with Crippen LogP contribution in [0.2, 0.25) is 5.02 Å². The van der Waals surface area contributed by atoms with Gasteiger partial charge in [-0.15, -0.1) is 5.10 Å². The number of hydrogen-bond donors (Lipinski definition) is 1. The molecule has 1 N–H and O–H groups in total. The van der Waals surface area contributed by atoms with Crippen molar-refractivity contribution >= 4 is 40.6 Å². The monoisotopic (exact) mass is 390 g/mol. The Bertz CT molecular complexity index is 950. The van der Waals surface area contributed by atoms with Crippen LogP contribution in [0, 0.1) is 10.1 Å². The molecule has 0 saturated carbocycles. The fourth-order valence-corrected chi connectivity index (χ4v) is 2.94. The third kappa shape index (κ3) is 4.16. The summed E-state index contributed by atoms with van der Waals surface area (Å²) in [5, 5.41) is 25.4. The van der Waals surface area contributed by atoms with Gasteiger partial charge in [0.2, 0.25) is 11.1 Å². The standard InChI is InChI=1S/C15H11ClN6O3S/c16-12-7-6-10(8-13(12)22(24)25)17-14(23)9-26-15-18-19-20-21(15)11-4-2-1-3-5-11/h1-8H,9H2,(H,17,23). The van der Waals surface area contributed by atoms with E-state index in [1.54, 1.807) is 0 Å². The second kappa shape index (κ2) is 7.93. The maximum Gasteiger partial charge on any atom is 0.289 e. The minimum atomic E-state index is -0.610. The second-order valence-electron chi connectivity index (χ2n) is 4.97. The average molecular weight is 391 g/mol. The van der Waals surface area contributed by atoms with Crippen LogP contribution >= 0.6 is 23.4 Å². The zero-order valence-corrected chi connectivity index (χ0v) is 14.6. The molecule has 132 valence electrons. The summed E-state index contributed by atoms with van der Waals surface area (Å²) >= 11 is 6.89. The van der Waals surface area contributed by atoms with Crippen LogP contribution in [0.1, 0.15) is 0 Å². The van der Waals surface area contributed by atoms with Gasteiger partial charge in [-0.05, 0) is 34.7 Å². The van der Waals surface area contributed by atoms with Crippen LogP contribution in [-0.2, 0) is 4.79 Å². The maximum atomic E-state index is 12.1. The molecule has 1 aromatic heterocycles. The number of benzene rings is 2. The van der Waals surface area contributed by atoms with E-state index < -0.39 is 4.92 Å². The first-order valence-electron chi connectivity index (χ1n) is 7.25. The predicted octanol–water partition coefficient (Wildman–Crippen LogP) is 2.95. The number of carbonyl (C=O) groups excluding carboxylic acids is 1. The van der Waals surface area contributed by atoms with Crippen LogP contribution in [0.3, 0.4) is 0 Å². The summed E-state index contributed by atoms with van der Waals surface area (Å²) in [5.74, 6) is -0.321. The Kier molecular flexibility index (Phi) is 5.44. The van der Waals surface area contributed by atoms with Gasteiger partial charge in [0.05, 0.1) is 16.4 Å². The summed E-state index contributed by atoms with van der Waals surface area (Å²) in [6.45, 7) is 0. The summed E-state index contributed by atoms with van der Waals surface area (Å²) in [5.41, 5.74) is 0.785. The van der Waals surface area contributed by atoms with Gasteiger partial charge in [0, 0.05) is 11.8 Å². The maximum absolute atomic E-state index is 12.1. The topological polar surface area (TPSA) is 116 Å². The number of hydrogen-bond acceptors (Lipinski definition) is 7. The lowest BCUT2D eigenvalue weighted by Crippen LogP contribution is -2.14. The number of anilines is 1. The van der Waals surface area contributed by atoms with Crippen molar-refractivity contribution in [3.63, 3.8) is 0 Å². The highest BCUT2D eigenvalue weighted by Gasteiger charge is 2.15. The Morgan fingerprint density at radius 2 is 2.04 bits per heavy atom. The van der Waals surface area contributed by atoms with E-state index in [0.717, 1.165) is 17.4 Å². The van der Waals surface area contributed by atoms with Crippen LogP contribution in [0.5, 0.6) is 0 Å².